The largest absolute Gasteiger partial charge is 0.330 e. The first-order chi connectivity index (χ1) is 6.24. The summed E-state index contributed by atoms with van der Waals surface area (Å²) < 4.78 is 1.97. The molecule has 2 N–H and O–H groups in total. The molecule has 13 heavy (non-hydrogen) atoms. The normalized spacial score (nSPS) is 11.1. The van der Waals surface area contributed by atoms with E-state index in [1.807, 2.05) is 10.9 Å². The number of aryl methyl sites for hydroxylation is 1. The van der Waals surface area contributed by atoms with Gasteiger partial charge in [-0.05, 0) is 25.3 Å². The van der Waals surface area contributed by atoms with Gasteiger partial charge in [0.25, 0.3) is 0 Å². The van der Waals surface area contributed by atoms with E-state index in [0.29, 0.717) is 5.92 Å². The molecule has 4 heteroatoms. The lowest BCUT2D eigenvalue weighted by atomic mass is 10.2. The van der Waals surface area contributed by atoms with Crippen LogP contribution >= 0.6 is 0 Å². The Morgan fingerprint density at radius 1 is 1.54 bits per heavy atom. The van der Waals surface area contributed by atoms with E-state index in [-0.39, 0.29) is 0 Å². The van der Waals surface area contributed by atoms with E-state index in [1.54, 1.807) is 0 Å². The predicted molar refractivity (Wildman–Crippen MR) is 52.2 cm³/mol. The van der Waals surface area contributed by atoms with Gasteiger partial charge in [-0.15, -0.1) is 5.10 Å². The maximum atomic E-state index is 5.45. The number of hydrogen-bond acceptors (Lipinski definition) is 3. The van der Waals surface area contributed by atoms with Crippen molar-refractivity contribution in [3.63, 3.8) is 0 Å². The lowest BCUT2D eigenvalue weighted by molar-refractivity contribution is 0.457. The van der Waals surface area contributed by atoms with Gasteiger partial charge in [0.1, 0.15) is 0 Å². The van der Waals surface area contributed by atoms with Gasteiger partial charge >= 0.3 is 0 Å². The zero-order chi connectivity index (χ0) is 9.68. The number of rotatable bonds is 5. The standard InChI is InChI=1S/C9H18N4/c1-8(2)7-13-9(4-3-5-10)6-11-12-13/h6,8H,3-5,7,10H2,1-2H3. The quantitative estimate of drug-likeness (QED) is 0.733. The number of hydrogen-bond donors (Lipinski definition) is 1. The Bertz CT molecular complexity index is 242. The first-order valence-corrected chi connectivity index (χ1v) is 4.81. The van der Waals surface area contributed by atoms with E-state index in [9.17, 15) is 0 Å². The van der Waals surface area contributed by atoms with Gasteiger partial charge in [-0.1, -0.05) is 19.1 Å². The zero-order valence-corrected chi connectivity index (χ0v) is 8.40. The van der Waals surface area contributed by atoms with E-state index >= 15 is 0 Å². The molecule has 1 aromatic heterocycles. The topological polar surface area (TPSA) is 56.7 Å². The van der Waals surface area contributed by atoms with Crippen LogP contribution in [0.25, 0.3) is 0 Å². The van der Waals surface area contributed by atoms with Gasteiger partial charge < -0.3 is 5.73 Å². The van der Waals surface area contributed by atoms with Crippen molar-refractivity contribution in [2.75, 3.05) is 6.54 Å². The Hall–Kier alpha value is -0.900. The highest BCUT2D eigenvalue weighted by atomic mass is 15.4. The summed E-state index contributed by atoms with van der Waals surface area (Å²) in [6.07, 6.45) is 3.82. The van der Waals surface area contributed by atoms with Crippen LogP contribution in [0.4, 0.5) is 0 Å². The van der Waals surface area contributed by atoms with E-state index < -0.39 is 0 Å². The Kier molecular flexibility index (Phi) is 3.89. The molecule has 0 fully saturated rings. The highest BCUT2D eigenvalue weighted by molar-refractivity contribution is 4.94. The van der Waals surface area contributed by atoms with Gasteiger partial charge in [0, 0.05) is 6.54 Å². The first kappa shape index (κ1) is 10.2. The molecule has 0 saturated heterocycles. The van der Waals surface area contributed by atoms with Crippen LogP contribution in [0, 0.1) is 5.92 Å². The molecule has 0 amide bonds. The molecule has 1 aromatic rings. The summed E-state index contributed by atoms with van der Waals surface area (Å²) in [6, 6.07) is 0. The van der Waals surface area contributed by atoms with Crippen LogP contribution in [0.2, 0.25) is 0 Å². The van der Waals surface area contributed by atoms with Crippen molar-refractivity contribution in [3.8, 4) is 0 Å². The minimum absolute atomic E-state index is 0.610. The molecule has 74 valence electrons. The average Bonchev–Trinajstić information content (AvgIpc) is 2.48. The SMILES string of the molecule is CC(C)Cn1nncc1CCCN. The lowest BCUT2D eigenvalue weighted by Gasteiger charge is -2.07. The highest BCUT2D eigenvalue weighted by Crippen LogP contribution is 2.04. The summed E-state index contributed by atoms with van der Waals surface area (Å²) >= 11 is 0. The second-order valence-electron chi connectivity index (χ2n) is 3.69. The molecule has 1 rings (SSSR count). The Labute approximate surface area is 79.1 Å². The van der Waals surface area contributed by atoms with Crippen molar-refractivity contribution in [2.45, 2.75) is 33.2 Å². The molecule has 0 aliphatic carbocycles. The van der Waals surface area contributed by atoms with Crippen molar-refractivity contribution >= 4 is 0 Å². The van der Waals surface area contributed by atoms with Crippen LogP contribution < -0.4 is 5.73 Å². The molecule has 4 nitrogen and oxygen atoms in total. The zero-order valence-electron chi connectivity index (χ0n) is 8.40. The highest BCUT2D eigenvalue weighted by Gasteiger charge is 2.04. The molecule has 0 atom stereocenters. The molecule has 0 bridgehead atoms. The minimum Gasteiger partial charge on any atom is -0.330 e. The molecule has 1 heterocycles. The molecular weight excluding hydrogens is 164 g/mol. The van der Waals surface area contributed by atoms with Gasteiger partial charge in [0.2, 0.25) is 0 Å². The van der Waals surface area contributed by atoms with Crippen molar-refractivity contribution in [3.05, 3.63) is 11.9 Å². The fraction of sp³-hybridized carbons (Fsp3) is 0.778. The van der Waals surface area contributed by atoms with Crippen LogP contribution in [-0.4, -0.2) is 21.5 Å². The molecule has 0 radical (unpaired) electrons. The Balaban J connectivity index is 2.55. The van der Waals surface area contributed by atoms with Crippen molar-refractivity contribution in [1.29, 1.82) is 0 Å². The smallest absolute Gasteiger partial charge is 0.0725 e. The van der Waals surface area contributed by atoms with E-state index in [4.69, 9.17) is 5.73 Å². The number of nitrogens with zero attached hydrogens (tertiary/aromatic N) is 3. The summed E-state index contributed by atoms with van der Waals surface area (Å²) in [6.45, 7) is 6.02. The first-order valence-electron chi connectivity index (χ1n) is 4.81. The molecule has 0 aliphatic rings. The predicted octanol–water partition coefficient (Wildman–Crippen LogP) is 0.825. The van der Waals surface area contributed by atoms with Gasteiger partial charge in [0.15, 0.2) is 0 Å². The third kappa shape index (κ3) is 3.14. The maximum absolute atomic E-state index is 5.45. The lowest BCUT2D eigenvalue weighted by Crippen LogP contribution is -2.11. The number of aromatic nitrogens is 3. The van der Waals surface area contributed by atoms with Crippen molar-refractivity contribution < 1.29 is 0 Å². The maximum Gasteiger partial charge on any atom is 0.0725 e. The van der Waals surface area contributed by atoms with Crippen LogP contribution in [-0.2, 0) is 13.0 Å². The second-order valence-corrected chi connectivity index (χ2v) is 3.69. The van der Waals surface area contributed by atoms with Crippen LogP contribution in [0.3, 0.4) is 0 Å². The Morgan fingerprint density at radius 2 is 2.31 bits per heavy atom. The summed E-state index contributed by atoms with van der Waals surface area (Å²) in [4.78, 5) is 0. The molecule has 0 aliphatic heterocycles. The molecular formula is C9H18N4. The van der Waals surface area contributed by atoms with Crippen molar-refractivity contribution in [2.24, 2.45) is 11.7 Å². The fourth-order valence-corrected chi connectivity index (χ4v) is 1.26. The van der Waals surface area contributed by atoms with E-state index in [2.05, 4.69) is 24.2 Å². The third-order valence-corrected chi connectivity index (χ3v) is 1.87. The van der Waals surface area contributed by atoms with Crippen LogP contribution in [0.5, 0.6) is 0 Å². The van der Waals surface area contributed by atoms with Crippen molar-refractivity contribution in [1.82, 2.24) is 15.0 Å². The fourth-order valence-electron chi connectivity index (χ4n) is 1.26. The Morgan fingerprint density at radius 3 is 2.92 bits per heavy atom. The minimum atomic E-state index is 0.610. The van der Waals surface area contributed by atoms with E-state index in [0.717, 1.165) is 25.9 Å². The van der Waals surface area contributed by atoms with E-state index in [1.165, 1.54) is 5.69 Å². The summed E-state index contributed by atoms with van der Waals surface area (Å²) in [7, 11) is 0. The summed E-state index contributed by atoms with van der Waals surface area (Å²) in [5, 5.41) is 7.94. The molecule has 0 aromatic carbocycles. The summed E-state index contributed by atoms with van der Waals surface area (Å²) in [5.74, 6) is 0.610. The van der Waals surface area contributed by atoms with Gasteiger partial charge in [-0.3, -0.25) is 0 Å². The number of nitrogens with two attached hydrogens (primary N) is 1. The monoisotopic (exact) mass is 182 g/mol. The van der Waals surface area contributed by atoms with Crippen LogP contribution in [0.15, 0.2) is 6.20 Å². The molecule has 0 spiro atoms. The third-order valence-electron chi connectivity index (χ3n) is 1.87. The van der Waals surface area contributed by atoms with Gasteiger partial charge in [-0.25, -0.2) is 4.68 Å². The molecule has 0 saturated carbocycles. The van der Waals surface area contributed by atoms with Gasteiger partial charge in [-0.2, -0.15) is 0 Å². The second kappa shape index (κ2) is 4.97. The average molecular weight is 182 g/mol. The molecule has 0 unspecified atom stereocenters. The van der Waals surface area contributed by atoms with Crippen LogP contribution in [0.1, 0.15) is 26.0 Å². The van der Waals surface area contributed by atoms with Gasteiger partial charge in [0.05, 0.1) is 11.9 Å². The summed E-state index contributed by atoms with van der Waals surface area (Å²) in [5.41, 5.74) is 6.64.